The topological polar surface area (TPSA) is 46.0 Å². The molecule has 1 saturated heterocycles. The molecule has 5 nitrogen and oxygen atoms in total. The van der Waals surface area contributed by atoms with Gasteiger partial charge in [-0.2, -0.15) is 5.10 Å². The highest BCUT2D eigenvalue weighted by atomic mass is 35.5. The monoisotopic (exact) mass is 289 g/mol. The highest BCUT2D eigenvalue weighted by Gasteiger charge is 2.31. The molecule has 2 aromatic heterocycles. The Morgan fingerprint density at radius 2 is 2.40 bits per heavy atom. The van der Waals surface area contributed by atoms with Crippen molar-refractivity contribution in [2.45, 2.75) is 25.9 Å². The maximum absolute atomic E-state index is 6.43. The van der Waals surface area contributed by atoms with Crippen LogP contribution in [0.5, 0.6) is 0 Å². The summed E-state index contributed by atoms with van der Waals surface area (Å²) in [5.41, 5.74) is 2.89. The molecule has 0 amide bonds. The van der Waals surface area contributed by atoms with Gasteiger partial charge in [0.2, 0.25) is 0 Å². The maximum atomic E-state index is 6.43. The zero-order chi connectivity index (χ0) is 13.7. The highest BCUT2D eigenvalue weighted by molar-refractivity contribution is 6.33. The molecule has 0 aromatic carbocycles. The Bertz CT molecular complexity index is 666. The van der Waals surface area contributed by atoms with Crippen LogP contribution < -0.4 is 10.2 Å². The van der Waals surface area contributed by atoms with Crippen molar-refractivity contribution in [3.8, 4) is 11.3 Å². The lowest BCUT2D eigenvalue weighted by molar-refractivity contribution is 0.660. The summed E-state index contributed by atoms with van der Waals surface area (Å²) in [7, 11) is 0. The molecule has 4 heterocycles. The number of pyridine rings is 1. The quantitative estimate of drug-likeness (QED) is 0.923. The fraction of sp³-hybridized carbons (Fsp3) is 0.429. The van der Waals surface area contributed by atoms with Gasteiger partial charge in [0.15, 0.2) is 5.82 Å². The summed E-state index contributed by atoms with van der Waals surface area (Å²) in [6.45, 7) is 5.04. The van der Waals surface area contributed by atoms with Gasteiger partial charge in [-0.3, -0.25) is 4.68 Å². The van der Waals surface area contributed by atoms with Crippen molar-refractivity contribution in [3.63, 3.8) is 0 Å². The van der Waals surface area contributed by atoms with E-state index in [-0.39, 0.29) is 0 Å². The normalized spacial score (nSPS) is 19.9. The largest absolute Gasteiger partial charge is 0.366 e. The van der Waals surface area contributed by atoms with Crippen LogP contribution in [-0.4, -0.2) is 33.9 Å². The van der Waals surface area contributed by atoms with E-state index in [4.69, 9.17) is 16.6 Å². The molecule has 2 bridgehead atoms. The Labute approximate surface area is 122 Å². The number of anilines is 2. The van der Waals surface area contributed by atoms with Crippen molar-refractivity contribution in [1.29, 1.82) is 0 Å². The zero-order valence-electron chi connectivity index (χ0n) is 11.3. The fourth-order valence-electron chi connectivity index (χ4n) is 2.98. The fourth-order valence-corrected chi connectivity index (χ4v) is 3.23. The second-order valence-electron chi connectivity index (χ2n) is 5.35. The lowest BCUT2D eigenvalue weighted by Gasteiger charge is -2.28. The predicted octanol–water partition coefficient (Wildman–Crippen LogP) is 2.62. The van der Waals surface area contributed by atoms with Gasteiger partial charge in [-0.25, -0.2) is 4.98 Å². The summed E-state index contributed by atoms with van der Waals surface area (Å²) >= 11 is 6.43. The van der Waals surface area contributed by atoms with Gasteiger partial charge in [0.1, 0.15) is 0 Å². The van der Waals surface area contributed by atoms with E-state index in [9.17, 15) is 0 Å². The number of nitrogens with zero attached hydrogens (tertiary/aromatic N) is 4. The van der Waals surface area contributed by atoms with Gasteiger partial charge in [-0.15, -0.1) is 0 Å². The van der Waals surface area contributed by atoms with Crippen molar-refractivity contribution in [3.05, 3.63) is 23.5 Å². The summed E-state index contributed by atoms with van der Waals surface area (Å²) < 4.78 is 1.88. The van der Waals surface area contributed by atoms with Gasteiger partial charge in [0.05, 0.1) is 22.6 Å². The van der Waals surface area contributed by atoms with Crippen LogP contribution in [0.25, 0.3) is 11.3 Å². The average Bonchev–Trinajstić information content (AvgIpc) is 3.07. The van der Waals surface area contributed by atoms with Crippen molar-refractivity contribution < 1.29 is 0 Å². The van der Waals surface area contributed by atoms with Crippen LogP contribution in [0.2, 0.25) is 5.02 Å². The first-order valence-corrected chi connectivity index (χ1v) is 7.37. The highest BCUT2D eigenvalue weighted by Crippen LogP contribution is 2.39. The number of halogens is 1. The molecule has 2 aromatic rings. The molecule has 0 saturated carbocycles. The first-order chi connectivity index (χ1) is 9.74. The second-order valence-corrected chi connectivity index (χ2v) is 5.75. The summed E-state index contributed by atoms with van der Waals surface area (Å²) in [6, 6.07) is 2.54. The third-order valence-electron chi connectivity index (χ3n) is 4.06. The van der Waals surface area contributed by atoms with Gasteiger partial charge in [-0.1, -0.05) is 11.6 Å². The molecular formula is C14H16ClN5. The van der Waals surface area contributed by atoms with Crippen molar-refractivity contribution in [2.75, 3.05) is 23.3 Å². The molecule has 2 aliphatic heterocycles. The molecule has 1 N–H and O–H groups in total. The van der Waals surface area contributed by atoms with Gasteiger partial charge in [0, 0.05) is 37.4 Å². The number of aromatic nitrogens is 3. The smallest absolute Gasteiger partial charge is 0.150 e. The molecule has 104 valence electrons. The van der Waals surface area contributed by atoms with Gasteiger partial charge >= 0.3 is 0 Å². The van der Waals surface area contributed by atoms with E-state index in [0.29, 0.717) is 11.1 Å². The van der Waals surface area contributed by atoms with Crippen LogP contribution in [0.1, 0.15) is 13.3 Å². The third-order valence-corrected chi connectivity index (χ3v) is 4.34. The molecule has 4 rings (SSSR count). The molecule has 6 heteroatoms. The zero-order valence-corrected chi connectivity index (χ0v) is 12.1. The minimum Gasteiger partial charge on any atom is -0.366 e. The van der Waals surface area contributed by atoms with Gasteiger partial charge in [-0.05, 0) is 19.4 Å². The van der Waals surface area contributed by atoms with E-state index in [1.54, 1.807) is 0 Å². The molecule has 1 atom stereocenters. The predicted molar refractivity (Wildman–Crippen MR) is 80.4 cm³/mol. The van der Waals surface area contributed by atoms with Crippen LogP contribution in [-0.2, 0) is 6.54 Å². The number of aryl methyl sites for hydroxylation is 1. The van der Waals surface area contributed by atoms with E-state index < -0.39 is 0 Å². The lowest BCUT2D eigenvalue weighted by Crippen LogP contribution is -2.32. The van der Waals surface area contributed by atoms with E-state index in [0.717, 1.165) is 48.8 Å². The summed E-state index contributed by atoms with van der Waals surface area (Å²) in [4.78, 5) is 7.09. The summed E-state index contributed by atoms with van der Waals surface area (Å²) in [6.07, 6.45) is 4.97. The Balaban J connectivity index is 1.80. The maximum Gasteiger partial charge on any atom is 0.150 e. The SMILES string of the molecule is CCn1cc(-c2nc3c(cc2Cl)N2CCC(C2)N3)cn1. The molecule has 1 fully saturated rings. The summed E-state index contributed by atoms with van der Waals surface area (Å²) in [5, 5.41) is 8.49. The molecule has 1 unspecified atom stereocenters. The lowest BCUT2D eigenvalue weighted by atomic mass is 10.2. The van der Waals surface area contributed by atoms with Gasteiger partial charge < -0.3 is 10.2 Å². The Morgan fingerprint density at radius 3 is 3.20 bits per heavy atom. The van der Waals surface area contributed by atoms with Crippen LogP contribution in [0.15, 0.2) is 18.5 Å². The molecule has 20 heavy (non-hydrogen) atoms. The summed E-state index contributed by atoms with van der Waals surface area (Å²) in [5.74, 6) is 0.947. The van der Waals surface area contributed by atoms with Crippen molar-refractivity contribution >= 4 is 23.1 Å². The van der Waals surface area contributed by atoms with E-state index in [2.05, 4.69) is 22.2 Å². The molecular weight excluding hydrogens is 274 g/mol. The minimum atomic E-state index is 0.516. The standard InChI is InChI=1S/C14H16ClN5/c1-2-20-7-9(6-16-20)13-11(15)5-12-14(18-13)17-10-3-4-19(12)8-10/h5-7,10H,2-4,8H2,1H3,(H,17,18). The first kappa shape index (κ1) is 12.0. The molecule has 0 aliphatic carbocycles. The minimum absolute atomic E-state index is 0.516. The molecule has 2 aliphatic rings. The molecule has 0 spiro atoms. The van der Waals surface area contributed by atoms with E-state index in [1.165, 1.54) is 0 Å². The van der Waals surface area contributed by atoms with Crippen LogP contribution >= 0.6 is 11.6 Å². The Morgan fingerprint density at radius 1 is 1.50 bits per heavy atom. The van der Waals surface area contributed by atoms with Crippen LogP contribution in [0.3, 0.4) is 0 Å². The number of hydrogen-bond acceptors (Lipinski definition) is 4. The van der Waals surface area contributed by atoms with E-state index >= 15 is 0 Å². The number of rotatable bonds is 2. The second kappa shape index (κ2) is 4.38. The number of hydrogen-bond donors (Lipinski definition) is 1. The first-order valence-electron chi connectivity index (χ1n) is 6.99. The van der Waals surface area contributed by atoms with Crippen molar-refractivity contribution in [2.24, 2.45) is 0 Å². The van der Waals surface area contributed by atoms with Crippen LogP contribution in [0, 0.1) is 0 Å². The Kier molecular flexibility index (Phi) is 2.63. The van der Waals surface area contributed by atoms with Crippen molar-refractivity contribution in [1.82, 2.24) is 14.8 Å². The average molecular weight is 290 g/mol. The third kappa shape index (κ3) is 1.77. The number of fused-ring (bicyclic) bond motifs is 4. The Hall–Kier alpha value is -1.75. The number of nitrogens with one attached hydrogen (secondary N) is 1. The van der Waals surface area contributed by atoms with E-state index in [1.807, 2.05) is 23.1 Å². The van der Waals surface area contributed by atoms with Crippen LogP contribution in [0.4, 0.5) is 11.5 Å². The molecule has 0 radical (unpaired) electrons. The van der Waals surface area contributed by atoms with Gasteiger partial charge in [0.25, 0.3) is 0 Å².